The summed E-state index contributed by atoms with van der Waals surface area (Å²) in [6, 6.07) is 1.77. The lowest BCUT2D eigenvalue weighted by Gasteiger charge is -2.02. The molecule has 1 aliphatic rings. The van der Waals surface area contributed by atoms with Gasteiger partial charge in [-0.05, 0) is 17.2 Å². The third-order valence-electron chi connectivity index (χ3n) is 2.13. The molecule has 1 N–H and O–H groups in total. The largest absolute Gasteiger partial charge is 0.309 e. The smallest absolute Gasteiger partial charge is 0.244 e. The maximum Gasteiger partial charge on any atom is 0.244 e. The predicted octanol–water partition coefficient (Wildman–Crippen LogP) is 1.49. The van der Waals surface area contributed by atoms with Gasteiger partial charge in [0, 0.05) is 25.0 Å². The van der Waals surface area contributed by atoms with Crippen LogP contribution in [0, 0.1) is 0 Å². The lowest BCUT2D eigenvalue weighted by atomic mass is 10.1. The SMILES string of the molecule is FC(F)Cc1cc2c(cn1)CNC2. The summed E-state index contributed by atoms with van der Waals surface area (Å²) in [5, 5.41) is 3.14. The van der Waals surface area contributed by atoms with Crippen molar-refractivity contribution in [2.24, 2.45) is 0 Å². The summed E-state index contributed by atoms with van der Waals surface area (Å²) in [7, 11) is 0. The maximum absolute atomic E-state index is 12.0. The second-order valence-corrected chi connectivity index (χ2v) is 3.14. The Bertz CT molecular complexity index is 312. The zero-order chi connectivity index (χ0) is 9.26. The molecule has 4 heteroatoms. The molecule has 0 saturated heterocycles. The zero-order valence-corrected chi connectivity index (χ0v) is 7.06. The molecule has 2 rings (SSSR count). The molecule has 0 amide bonds. The van der Waals surface area contributed by atoms with Crippen LogP contribution in [0.15, 0.2) is 12.3 Å². The first kappa shape index (κ1) is 8.56. The molecule has 0 fully saturated rings. The molecule has 0 spiro atoms. The normalized spacial score (nSPS) is 15.0. The summed E-state index contributed by atoms with van der Waals surface area (Å²) in [5.41, 5.74) is 2.71. The van der Waals surface area contributed by atoms with Gasteiger partial charge in [0.05, 0.1) is 6.42 Å². The first-order chi connectivity index (χ1) is 6.25. The van der Waals surface area contributed by atoms with Gasteiger partial charge in [0.1, 0.15) is 0 Å². The number of halogens is 2. The Kier molecular flexibility index (Phi) is 2.22. The van der Waals surface area contributed by atoms with E-state index >= 15 is 0 Å². The highest BCUT2D eigenvalue weighted by atomic mass is 19.3. The number of alkyl halides is 2. The lowest BCUT2D eigenvalue weighted by Crippen LogP contribution is -2.01. The van der Waals surface area contributed by atoms with E-state index in [1.807, 2.05) is 0 Å². The van der Waals surface area contributed by atoms with E-state index in [0.29, 0.717) is 5.69 Å². The first-order valence-electron chi connectivity index (χ1n) is 4.21. The Hall–Kier alpha value is -1.03. The Balaban J connectivity index is 2.21. The minimum absolute atomic E-state index is 0.243. The molecule has 0 radical (unpaired) electrons. The van der Waals surface area contributed by atoms with E-state index < -0.39 is 6.43 Å². The van der Waals surface area contributed by atoms with Crippen LogP contribution < -0.4 is 5.32 Å². The summed E-state index contributed by atoms with van der Waals surface area (Å²) >= 11 is 0. The van der Waals surface area contributed by atoms with E-state index in [1.54, 1.807) is 12.3 Å². The van der Waals surface area contributed by atoms with Gasteiger partial charge in [-0.1, -0.05) is 0 Å². The van der Waals surface area contributed by atoms with Gasteiger partial charge in [0.15, 0.2) is 0 Å². The third-order valence-corrected chi connectivity index (χ3v) is 2.13. The number of rotatable bonds is 2. The van der Waals surface area contributed by atoms with Crippen molar-refractivity contribution in [1.82, 2.24) is 10.3 Å². The van der Waals surface area contributed by atoms with E-state index in [4.69, 9.17) is 0 Å². The number of pyridine rings is 1. The number of nitrogens with one attached hydrogen (secondary N) is 1. The van der Waals surface area contributed by atoms with Crippen molar-refractivity contribution in [2.45, 2.75) is 25.9 Å². The summed E-state index contributed by atoms with van der Waals surface area (Å²) in [6.45, 7) is 1.57. The summed E-state index contributed by atoms with van der Waals surface area (Å²) in [6.07, 6.45) is -0.861. The van der Waals surface area contributed by atoms with Crippen molar-refractivity contribution in [2.75, 3.05) is 0 Å². The van der Waals surface area contributed by atoms with Gasteiger partial charge in [-0.3, -0.25) is 4.98 Å². The maximum atomic E-state index is 12.0. The highest BCUT2D eigenvalue weighted by molar-refractivity contribution is 5.29. The molecule has 0 aromatic carbocycles. The van der Waals surface area contributed by atoms with Crippen molar-refractivity contribution in [3.63, 3.8) is 0 Å². The van der Waals surface area contributed by atoms with Crippen LogP contribution in [0.5, 0.6) is 0 Å². The van der Waals surface area contributed by atoms with Crippen LogP contribution >= 0.6 is 0 Å². The molecular weight excluding hydrogens is 174 g/mol. The minimum atomic E-state index is -2.31. The van der Waals surface area contributed by atoms with Crippen molar-refractivity contribution in [3.8, 4) is 0 Å². The van der Waals surface area contributed by atoms with Gasteiger partial charge in [0.2, 0.25) is 6.43 Å². The van der Waals surface area contributed by atoms with Crippen LogP contribution in [0.1, 0.15) is 16.8 Å². The van der Waals surface area contributed by atoms with Crippen molar-refractivity contribution in [3.05, 3.63) is 29.1 Å². The molecule has 2 heterocycles. The van der Waals surface area contributed by atoms with Gasteiger partial charge >= 0.3 is 0 Å². The van der Waals surface area contributed by atoms with Crippen molar-refractivity contribution < 1.29 is 8.78 Å². The fourth-order valence-electron chi connectivity index (χ4n) is 1.50. The highest BCUT2D eigenvalue weighted by Crippen LogP contribution is 2.16. The van der Waals surface area contributed by atoms with Gasteiger partial charge in [-0.15, -0.1) is 0 Å². The number of aromatic nitrogens is 1. The molecule has 0 aliphatic carbocycles. The highest BCUT2D eigenvalue weighted by Gasteiger charge is 2.12. The van der Waals surface area contributed by atoms with E-state index in [-0.39, 0.29) is 6.42 Å². The van der Waals surface area contributed by atoms with Crippen LogP contribution in [0.2, 0.25) is 0 Å². The molecule has 13 heavy (non-hydrogen) atoms. The van der Waals surface area contributed by atoms with E-state index in [2.05, 4.69) is 10.3 Å². The van der Waals surface area contributed by atoms with E-state index in [1.165, 1.54) is 0 Å². The number of fused-ring (bicyclic) bond motifs is 1. The average Bonchev–Trinajstić information content (AvgIpc) is 2.49. The molecule has 0 atom stereocenters. The molecule has 1 aliphatic heterocycles. The van der Waals surface area contributed by atoms with Crippen molar-refractivity contribution in [1.29, 1.82) is 0 Å². The van der Waals surface area contributed by atoms with E-state index in [0.717, 1.165) is 24.2 Å². The molecule has 0 unspecified atom stereocenters. The van der Waals surface area contributed by atoms with Crippen LogP contribution in [-0.4, -0.2) is 11.4 Å². The van der Waals surface area contributed by atoms with Crippen LogP contribution in [-0.2, 0) is 19.5 Å². The Morgan fingerprint density at radius 2 is 2.15 bits per heavy atom. The standard InChI is InChI=1S/C9H10F2N2/c10-9(11)2-8-1-6-3-12-4-7(6)5-13-8/h1,5,9,12H,2-4H2. The Morgan fingerprint density at radius 1 is 1.38 bits per heavy atom. The number of hydrogen-bond acceptors (Lipinski definition) is 2. The average molecular weight is 184 g/mol. The molecular formula is C9H10F2N2. The fourth-order valence-corrected chi connectivity index (χ4v) is 1.50. The Labute approximate surface area is 75.0 Å². The monoisotopic (exact) mass is 184 g/mol. The lowest BCUT2D eigenvalue weighted by molar-refractivity contribution is 0.148. The predicted molar refractivity (Wildman–Crippen MR) is 44.5 cm³/mol. The van der Waals surface area contributed by atoms with E-state index in [9.17, 15) is 8.78 Å². The van der Waals surface area contributed by atoms with Crippen LogP contribution in [0.25, 0.3) is 0 Å². The van der Waals surface area contributed by atoms with Gasteiger partial charge in [-0.25, -0.2) is 8.78 Å². The third kappa shape index (κ3) is 1.83. The van der Waals surface area contributed by atoms with Crippen LogP contribution in [0.4, 0.5) is 8.78 Å². The minimum Gasteiger partial charge on any atom is -0.309 e. The molecule has 0 bridgehead atoms. The first-order valence-corrected chi connectivity index (χ1v) is 4.21. The summed E-state index contributed by atoms with van der Waals surface area (Å²) < 4.78 is 24.0. The molecule has 2 nitrogen and oxygen atoms in total. The zero-order valence-electron chi connectivity index (χ0n) is 7.06. The molecule has 1 aromatic rings. The quantitative estimate of drug-likeness (QED) is 0.753. The van der Waals surface area contributed by atoms with Crippen molar-refractivity contribution >= 4 is 0 Å². The van der Waals surface area contributed by atoms with Crippen LogP contribution in [0.3, 0.4) is 0 Å². The fraction of sp³-hybridized carbons (Fsp3) is 0.444. The number of hydrogen-bond donors (Lipinski definition) is 1. The Morgan fingerprint density at radius 3 is 2.92 bits per heavy atom. The summed E-state index contributed by atoms with van der Waals surface area (Å²) in [5.74, 6) is 0. The van der Waals surface area contributed by atoms with Gasteiger partial charge in [-0.2, -0.15) is 0 Å². The number of nitrogens with zero attached hydrogens (tertiary/aromatic N) is 1. The second kappa shape index (κ2) is 3.38. The second-order valence-electron chi connectivity index (χ2n) is 3.14. The topological polar surface area (TPSA) is 24.9 Å². The summed E-state index contributed by atoms with van der Waals surface area (Å²) in [4.78, 5) is 3.97. The molecule has 70 valence electrons. The van der Waals surface area contributed by atoms with Gasteiger partial charge in [0.25, 0.3) is 0 Å². The molecule has 1 aromatic heterocycles. The molecule has 0 saturated carbocycles. The van der Waals surface area contributed by atoms with Gasteiger partial charge < -0.3 is 5.32 Å².